The fraction of sp³-hybridized carbons (Fsp3) is 0.500. The Bertz CT molecular complexity index is 378. The van der Waals surface area contributed by atoms with Crippen LogP contribution < -0.4 is 10.6 Å². The average Bonchev–Trinajstić information content (AvgIpc) is 3.09. The normalized spacial score (nSPS) is 15.2. The summed E-state index contributed by atoms with van der Waals surface area (Å²) in [4.78, 5) is 4.57. The Balaban J connectivity index is 2.26. The van der Waals surface area contributed by atoms with Gasteiger partial charge in [-0.3, -0.25) is 0 Å². The molecule has 0 unspecified atom stereocenters. The molecule has 1 saturated carbocycles. The lowest BCUT2D eigenvalue weighted by molar-refractivity contribution is 0.141. The van der Waals surface area contributed by atoms with Gasteiger partial charge in [0.2, 0.25) is 0 Å². The van der Waals surface area contributed by atoms with E-state index >= 15 is 0 Å². The highest BCUT2D eigenvalue weighted by Crippen LogP contribution is 2.47. The minimum Gasteiger partial charge on any atom is -0.496 e. The molecule has 1 aliphatic rings. The summed E-state index contributed by atoms with van der Waals surface area (Å²) in [5.74, 6) is 6.49. The molecule has 1 aromatic rings. The fourth-order valence-corrected chi connectivity index (χ4v) is 2.29. The van der Waals surface area contributed by atoms with Crippen LogP contribution in [0.5, 0.6) is 5.75 Å². The van der Waals surface area contributed by atoms with Crippen molar-refractivity contribution in [1.29, 1.82) is 0 Å². The highest BCUT2D eigenvalue weighted by molar-refractivity contribution is 6.31. The van der Waals surface area contributed by atoms with Gasteiger partial charge in [-0.05, 0) is 42.9 Å². The number of nitrogens with two attached hydrogens (primary N) is 1. The molecule has 3 nitrogen and oxygen atoms in total. The molecule has 88 valence electrons. The van der Waals surface area contributed by atoms with Gasteiger partial charge in [0.15, 0.2) is 0 Å². The summed E-state index contributed by atoms with van der Waals surface area (Å²) in [5, 5.41) is 0.800. The van der Waals surface area contributed by atoms with Crippen molar-refractivity contribution in [1.82, 2.24) is 0 Å². The minimum absolute atomic E-state index is 0.488. The van der Waals surface area contributed by atoms with Gasteiger partial charge in [0, 0.05) is 10.6 Å². The first-order valence-electron chi connectivity index (χ1n) is 5.44. The van der Waals surface area contributed by atoms with Gasteiger partial charge in [0.25, 0.3) is 0 Å². The molecule has 0 saturated heterocycles. The maximum atomic E-state index is 6.28. The Labute approximate surface area is 100 Å². The number of hydrogen-bond donors (Lipinski definition) is 1. The van der Waals surface area contributed by atoms with Crippen molar-refractivity contribution in [2.75, 3.05) is 13.7 Å². The van der Waals surface area contributed by atoms with E-state index in [2.05, 4.69) is 4.84 Å². The molecule has 2 rings (SSSR count). The van der Waals surface area contributed by atoms with Crippen LogP contribution in [0.4, 0.5) is 0 Å². The molecule has 0 spiro atoms. The van der Waals surface area contributed by atoms with E-state index < -0.39 is 0 Å². The first-order chi connectivity index (χ1) is 7.76. The van der Waals surface area contributed by atoms with Crippen LogP contribution in [0.25, 0.3) is 0 Å². The van der Waals surface area contributed by atoms with Crippen molar-refractivity contribution >= 4 is 11.6 Å². The summed E-state index contributed by atoms with van der Waals surface area (Å²) in [6.07, 6.45) is 3.17. The number of ether oxygens (including phenoxy) is 1. The molecule has 1 fully saturated rings. The van der Waals surface area contributed by atoms with Crippen LogP contribution in [0.15, 0.2) is 12.1 Å². The molecule has 1 aromatic carbocycles. The third-order valence-electron chi connectivity index (χ3n) is 2.87. The zero-order valence-corrected chi connectivity index (χ0v) is 10.1. The molecule has 16 heavy (non-hydrogen) atoms. The minimum atomic E-state index is 0.488. The summed E-state index contributed by atoms with van der Waals surface area (Å²) in [6.45, 7) is 0.488. The van der Waals surface area contributed by atoms with Gasteiger partial charge in [0.1, 0.15) is 5.75 Å². The summed E-state index contributed by atoms with van der Waals surface area (Å²) >= 11 is 6.28. The lowest BCUT2D eigenvalue weighted by atomic mass is 10.0. The fourth-order valence-electron chi connectivity index (χ4n) is 1.90. The van der Waals surface area contributed by atoms with Crippen LogP contribution in [-0.2, 0) is 11.3 Å². The van der Waals surface area contributed by atoms with Gasteiger partial charge >= 0.3 is 0 Å². The van der Waals surface area contributed by atoms with Crippen LogP contribution in [0.2, 0.25) is 5.02 Å². The Hall–Kier alpha value is -0.770. The summed E-state index contributed by atoms with van der Waals surface area (Å²) in [7, 11) is 1.68. The van der Waals surface area contributed by atoms with Gasteiger partial charge < -0.3 is 9.57 Å². The number of halogens is 1. The van der Waals surface area contributed by atoms with E-state index in [-0.39, 0.29) is 0 Å². The smallest absolute Gasteiger partial charge is 0.124 e. The van der Waals surface area contributed by atoms with Crippen molar-refractivity contribution in [3.63, 3.8) is 0 Å². The standard InChI is InChI=1S/C12H16ClNO2/c1-15-11-7-8(4-5-16-14)6-10(13)12(11)9-2-3-9/h6-7,9H,2-5,14H2,1H3. The molecule has 0 atom stereocenters. The third-order valence-corrected chi connectivity index (χ3v) is 3.18. The molecular weight excluding hydrogens is 226 g/mol. The van der Waals surface area contributed by atoms with E-state index in [1.54, 1.807) is 7.11 Å². The average molecular weight is 242 g/mol. The molecule has 0 bridgehead atoms. The van der Waals surface area contributed by atoms with Gasteiger partial charge in [-0.2, -0.15) is 0 Å². The van der Waals surface area contributed by atoms with Crippen molar-refractivity contribution in [2.45, 2.75) is 25.2 Å². The summed E-state index contributed by atoms with van der Waals surface area (Å²) in [5.41, 5.74) is 2.25. The molecule has 0 heterocycles. The molecule has 2 N–H and O–H groups in total. The molecule has 1 aliphatic carbocycles. The van der Waals surface area contributed by atoms with Crippen LogP contribution in [0.3, 0.4) is 0 Å². The molecule has 0 amide bonds. The highest BCUT2D eigenvalue weighted by Gasteiger charge is 2.29. The molecule has 0 aromatic heterocycles. The monoisotopic (exact) mass is 241 g/mol. The predicted molar refractivity (Wildman–Crippen MR) is 63.8 cm³/mol. The Kier molecular flexibility index (Phi) is 3.69. The Morgan fingerprint density at radius 1 is 1.44 bits per heavy atom. The number of methoxy groups -OCH3 is 1. The topological polar surface area (TPSA) is 44.5 Å². The number of rotatable bonds is 5. The van der Waals surface area contributed by atoms with Crippen molar-refractivity contribution < 1.29 is 9.57 Å². The maximum absolute atomic E-state index is 6.28. The molecule has 0 radical (unpaired) electrons. The SMILES string of the molecule is COc1cc(CCON)cc(Cl)c1C1CC1. The molecular formula is C12H16ClNO2. The van der Waals surface area contributed by atoms with E-state index in [0.29, 0.717) is 12.5 Å². The second kappa shape index (κ2) is 5.04. The van der Waals surface area contributed by atoms with Gasteiger partial charge in [-0.15, -0.1) is 0 Å². The number of benzene rings is 1. The third kappa shape index (κ3) is 2.48. The van der Waals surface area contributed by atoms with Crippen LogP contribution in [-0.4, -0.2) is 13.7 Å². The first-order valence-corrected chi connectivity index (χ1v) is 5.82. The number of hydrogen-bond acceptors (Lipinski definition) is 3. The van der Waals surface area contributed by atoms with E-state index in [1.807, 2.05) is 12.1 Å². The van der Waals surface area contributed by atoms with Gasteiger partial charge in [-0.1, -0.05) is 11.6 Å². The van der Waals surface area contributed by atoms with Crippen molar-refractivity contribution in [3.8, 4) is 5.75 Å². The van der Waals surface area contributed by atoms with Gasteiger partial charge in [-0.25, -0.2) is 5.90 Å². The summed E-state index contributed by atoms with van der Waals surface area (Å²) in [6, 6.07) is 4.01. The first kappa shape index (κ1) is 11.7. The zero-order chi connectivity index (χ0) is 11.5. The van der Waals surface area contributed by atoms with E-state index in [0.717, 1.165) is 28.3 Å². The van der Waals surface area contributed by atoms with Crippen molar-refractivity contribution in [2.24, 2.45) is 5.90 Å². The second-order valence-electron chi connectivity index (χ2n) is 4.09. The molecule has 0 aliphatic heterocycles. The van der Waals surface area contributed by atoms with Gasteiger partial charge in [0.05, 0.1) is 13.7 Å². The second-order valence-corrected chi connectivity index (χ2v) is 4.50. The van der Waals surface area contributed by atoms with Crippen LogP contribution >= 0.6 is 11.6 Å². The van der Waals surface area contributed by atoms with Crippen molar-refractivity contribution in [3.05, 3.63) is 28.3 Å². The van der Waals surface area contributed by atoms with E-state index in [9.17, 15) is 0 Å². The Morgan fingerprint density at radius 3 is 2.75 bits per heavy atom. The zero-order valence-electron chi connectivity index (χ0n) is 9.33. The maximum Gasteiger partial charge on any atom is 0.124 e. The van der Waals surface area contributed by atoms with E-state index in [1.165, 1.54) is 12.8 Å². The van der Waals surface area contributed by atoms with E-state index in [4.69, 9.17) is 22.2 Å². The molecule has 4 heteroatoms. The van der Waals surface area contributed by atoms with Crippen LogP contribution in [0, 0.1) is 0 Å². The Morgan fingerprint density at radius 2 is 2.19 bits per heavy atom. The summed E-state index contributed by atoms with van der Waals surface area (Å²) < 4.78 is 5.39. The highest BCUT2D eigenvalue weighted by atomic mass is 35.5. The quantitative estimate of drug-likeness (QED) is 0.806. The lowest BCUT2D eigenvalue weighted by Gasteiger charge is -2.12. The predicted octanol–water partition coefficient (Wildman–Crippen LogP) is 2.66. The van der Waals surface area contributed by atoms with Crippen LogP contribution in [0.1, 0.15) is 29.9 Å². The lowest BCUT2D eigenvalue weighted by Crippen LogP contribution is -2.04. The largest absolute Gasteiger partial charge is 0.496 e.